The van der Waals surface area contributed by atoms with Crippen molar-refractivity contribution < 1.29 is 8.42 Å². The Labute approximate surface area is 114 Å². The Morgan fingerprint density at radius 1 is 1.39 bits per heavy atom. The van der Waals surface area contributed by atoms with E-state index in [9.17, 15) is 8.42 Å². The molecule has 0 aliphatic carbocycles. The second-order valence-electron chi connectivity index (χ2n) is 4.33. The van der Waals surface area contributed by atoms with Gasteiger partial charge in [0.15, 0.2) is 0 Å². The number of nitrogens with zero attached hydrogens (tertiary/aromatic N) is 1. The van der Waals surface area contributed by atoms with E-state index in [2.05, 4.69) is 0 Å². The molecule has 0 bridgehead atoms. The molecule has 0 radical (unpaired) electrons. The molecule has 4 nitrogen and oxygen atoms in total. The third-order valence-electron chi connectivity index (χ3n) is 2.70. The van der Waals surface area contributed by atoms with Gasteiger partial charge in [0.05, 0.1) is 5.75 Å². The molecule has 6 heteroatoms. The van der Waals surface area contributed by atoms with E-state index in [0.29, 0.717) is 24.5 Å². The van der Waals surface area contributed by atoms with Crippen LogP contribution in [0.3, 0.4) is 0 Å². The minimum atomic E-state index is -2.96. The Morgan fingerprint density at radius 3 is 2.61 bits per heavy atom. The molecule has 1 aromatic rings. The van der Waals surface area contributed by atoms with Crippen LogP contribution in [-0.2, 0) is 16.3 Å². The summed E-state index contributed by atoms with van der Waals surface area (Å²) in [5, 5.41) is 0.671. The first kappa shape index (κ1) is 15.3. The molecule has 0 saturated heterocycles. The third-order valence-corrected chi connectivity index (χ3v) is 3.98. The summed E-state index contributed by atoms with van der Waals surface area (Å²) in [6.07, 6.45) is 1.91. The first-order valence-corrected chi connectivity index (χ1v) is 8.15. The van der Waals surface area contributed by atoms with Gasteiger partial charge in [0, 0.05) is 30.6 Å². The zero-order chi connectivity index (χ0) is 13.8. The second-order valence-corrected chi connectivity index (χ2v) is 6.99. The van der Waals surface area contributed by atoms with Crippen LogP contribution in [0.4, 0.5) is 5.69 Å². The van der Waals surface area contributed by atoms with Crippen LogP contribution in [0.5, 0.6) is 0 Å². The molecule has 0 spiro atoms. The Balaban J connectivity index is 2.91. The van der Waals surface area contributed by atoms with Gasteiger partial charge in [0.1, 0.15) is 9.84 Å². The van der Waals surface area contributed by atoms with Crippen molar-refractivity contribution in [2.24, 2.45) is 5.73 Å². The molecule has 0 heterocycles. The zero-order valence-corrected chi connectivity index (χ0v) is 12.3. The van der Waals surface area contributed by atoms with Crippen molar-refractivity contribution in [2.75, 3.05) is 37.0 Å². The third kappa shape index (κ3) is 4.48. The molecule has 1 aromatic carbocycles. The number of sulfone groups is 1. The van der Waals surface area contributed by atoms with Gasteiger partial charge in [-0.15, -0.1) is 0 Å². The molecular formula is C12H19ClN2O2S. The molecule has 18 heavy (non-hydrogen) atoms. The summed E-state index contributed by atoms with van der Waals surface area (Å²) in [5.74, 6) is 0.123. The van der Waals surface area contributed by atoms with Crippen molar-refractivity contribution in [3.63, 3.8) is 0 Å². The number of nitrogens with two attached hydrogens (primary N) is 1. The number of benzene rings is 1. The predicted molar refractivity (Wildman–Crippen MR) is 77.2 cm³/mol. The van der Waals surface area contributed by atoms with Crippen LogP contribution in [0.1, 0.15) is 5.56 Å². The first-order valence-electron chi connectivity index (χ1n) is 5.71. The second kappa shape index (κ2) is 6.41. The Kier molecular flexibility index (Phi) is 5.44. The van der Waals surface area contributed by atoms with Crippen LogP contribution < -0.4 is 10.6 Å². The molecule has 2 N–H and O–H groups in total. The van der Waals surface area contributed by atoms with E-state index in [0.717, 1.165) is 11.3 Å². The molecule has 0 aliphatic rings. The highest BCUT2D eigenvalue weighted by Gasteiger charge is 2.12. The highest BCUT2D eigenvalue weighted by Crippen LogP contribution is 2.27. The van der Waals surface area contributed by atoms with E-state index in [4.69, 9.17) is 17.3 Å². The van der Waals surface area contributed by atoms with Crippen molar-refractivity contribution >= 4 is 27.1 Å². The van der Waals surface area contributed by atoms with Gasteiger partial charge < -0.3 is 10.6 Å². The molecule has 0 aromatic heterocycles. The minimum Gasteiger partial charge on any atom is -0.373 e. The van der Waals surface area contributed by atoms with Gasteiger partial charge in [-0.3, -0.25) is 0 Å². The van der Waals surface area contributed by atoms with E-state index in [1.54, 1.807) is 0 Å². The lowest BCUT2D eigenvalue weighted by Gasteiger charge is -2.22. The topological polar surface area (TPSA) is 63.4 Å². The maximum Gasteiger partial charge on any atom is 0.149 e. The highest BCUT2D eigenvalue weighted by atomic mass is 35.5. The van der Waals surface area contributed by atoms with Crippen LogP contribution in [0.15, 0.2) is 18.2 Å². The van der Waals surface area contributed by atoms with Crippen LogP contribution in [0, 0.1) is 0 Å². The smallest absolute Gasteiger partial charge is 0.149 e. The number of hydrogen-bond donors (Lipinski definition) is 1. The molecular weight excluding hydrogens is 272 g/mol. The molecule has 0 amide bonds. The van der Waals surface area contributed by atoms with Crippen LogP contribution in [0.25, 0.3) is 0 Å². The van der Waals surface area contributed by atoms with Gasteiger partial charge in [-0.25, -0.2) is 8.42 Å². The van der Waals surface area contributed by atoms with Gasteiger partial charge in [0.2, 0.25) is 0 Å². The first-order chi connectivity index (χ1) is 8.35. The number of anilines is 1. The summed E-state index contributed by atoms with van der Waals surface area (Å²) in [7, 11) is -1.10. The highest BCUT2D eigenvalue weighted by molar-refractivity contribution is 7.90. The molecule has 1 rings (SSSR count). The van der Waals surface area contributed by atoms with E-state index < -0.39 is 9.84 Å². The Bertz CT molecular complexity index is 503. The van der Waals surface area contributed by atoms with Crippen molar-refractivity contribution in [3.8, 4) is 0 Å². The standard InChI is InChI=1S/C12H19ClN2O2S/c1-15(8-9-18(2,16)17)12-5-3-4-11(13)10(12)6-7-14/h3-5H,6-9,14H2,1-2H3. The quantitative estimate of drug-likeness (QED) is 0.858. The summed E-state index contributed by atoms with van der Waals surface area (Å²) in [5.41, 5.74) is 7.48. The average molecular weight is 291 g/mol. The Morgan fingerprint density at radius 2 is 2.06 bits per heavy atom. The van der Waals surface area contributed by atoms with Crippen molar-refractivity contribution in [1.82, 2.24) is 0 Å². The Hall–Kier alpha value is -0.780. The lowest BCUT2D eigenvalue weighted by Crippen LogP contribution is -2.26. The summed E-state index contributed by atoms with van der Waals surface area (Å²) in [6, 6.07) is 5.61. The van der Waals surface area contributed by atoms with E-state index in [1.165, 1.54) is 6.26 Å². The van der Waals surface area contributed by atoms with Crippen LogP contribution in [-0.4, -0.2) is 40.6 Å². The summed E-state index contributed by atoms with van der Waals surface area (Å²) in [4.78, 5) is 1.90. The monoisotopic (exact) mass is 290 g/mol. The number of rotatable bonds is 6. The predicted octanol–water partition coefficient (Wildman–Crippen LogP) is 1.32. The molecule has 0 atom stereocenters. The van der Waals surface area contributed by atoms with Gasteiger partial charge >= 0.3 is 0 Å². The van der Waals surface area contributed by atoms with Crippen LogP contribution in [0.2, 0.25) is 5.02 Å². The SMILES string of the molecule is CN(CCS(C)(=O)=O)c1cccc(Cl)c1CCN. The summed E-state index contributed by atoms with van der Waals surface area (Å²) < 4.78 is 22.3. The van der Waals surface area contributed by atoms with Crippen LogP contribution >= 0.6 is 11.6 Å². The fourth-order valence-corrected chi connectivity index (χ4v) is 2.59. The fourth-order valence-electron chi connectivity index (χ4n) is 1.72. The van der Waals surface area contributed by atoms with Gasteiger partial charge in [0.25, 0.3) is 0 Å². The maximum absolute atomic E-state index is 11.2. The molecule has 0 aliphatic heterocycles. The van der Waals surface area contributed by atoms with E-state index >= 15 is 0 Å². The molecule has 0 fully saturated rings. The molecule has 0 unspecified atom stereocenters. The van der Waals surface area contributed by atoms with Gasteiger partial charge in [-0.05, 0) is 30.7 Å². The van der Waals surface area contributed by atoms with Crippen molar-refractivity contribution in [2.45, 2.75) is 6.42 Å². The van der Waals surface area contributed by atoms with Crippen molar-refractivity contribution in [1.29, 1.82) is 0 Å². The fraction of sp³-hybridized carbons (Fsp3) is 0.500. The largest absolute Gasteiger partial charge is 0.373 e. The summed E-state index contributed by atoms with van der Waals surface area (Å²) >= 11 is 6.14. The summed E-state index contributed by atoms with van der Waals surface area (Å²) in [6.45, 7) is 0.952. The van der Waals surface area contributed by atoms with E-state index in [-0.39, 0.29) is 5.75 Å². The molecule has 102 valence electrons. The molecule has 0 saturated carbocycles. The van der Waals surface area contributed by atoms with Gasteiger partial charge in [-0.2, -0.15) is 0 Å². The van der Waals surface area contributed by atoms with Gasteiger partial charge in [-0.1, -0.05) is 17.7 Å². The zero-order valence-electron chi connectivity index (χ0n) is 10.7. The van der Waals surface area contributed by atoms with E-state index in [1.807, 2.05) is 30.1 Å². The minimum absolute atomic E-state index is 0.123. The normalized spacial score (nSPS) is 11.6. The lowest BCUT2D eigenvalue weighted by molar-refractivity contribution is 0.601. The lowest BCUT2D eigenvalue weighted by atomic mass is 10.1. The van der Waals surface area contributed by atoms with Crippen molar-refractivity contribution in [3.05, 3.63) is 28.8 Å². The number of hydrogen-bond acceptors (Lipinski definition) is 4. The number of halogens is 1. The average Bonchev–Trinajstić information content (AvgIpc) is 2.28. The maximum atomic E-state index is 11.2.